The van der Waals surface area contributed by atoms with Gasteiger partial charge in [0, 0.05) is 25.3 Å². The highest BCUT2D eigenvalue weighted by Crippen LogP contribution is 2.43. The number of hydrogen-bond donors (Lipinski definition) is 1. The molecule has 0 bridgehead atoms. The average Bonchev–Trinajstić information content (AvgIpc) is 2.85. The lowest BCUT2D eigenvalue weighted by Crippen LogP contribution is -2.18. The highest BCUT2D eigenvalue weighted by molar-refractivity contribution is 5.04. The third-order valence-corrected chi connectivity index (χ3v) is 3.60. The Morgan fingerprint density at radius 3 is 2.72 bits per heavy atom. The zero-order chi connectivity index (χ0) is 13.3. The van der Waals surface area contributed by atoms with Gasteiger partial charge < -0.3 is 10.3 Å². The van der Waals surface area contributed by atoms with Crippen LogP contribution in [0, 0.1) is 5.92 Å². The summed E-state index contributed by atoms with van der Waals surface area (Å²) in [7, 11) is 0. The first-order valence-corrected chi connectivity index (χ1v) is 6.34. The predicted molar refractivity (Wildman–Crippen MR) is 62.5 cm³/mol. The molecule has 0 aliphatic heterocycles. The minimum Gasteiger partial charge on any atom is -0.339 e. The van der Waals surface area contributed by atoms with E-state index in [1.165, 1.54) is 0 Å². The van der Waals surface area contributed by atoms with Crippen molar-refractivity contribution in [2.75, 3.05) is 6.54 Å². The van der Waals surface area contributed by atoms with Crippen LogP contribution in [0.4, 0.5) is 8.78 Å². The van der Waals surface area contributed by atoms with E-state index in [0.29, 0.717) is 24.7 Å². The molecule has 1 fully saturated rings. The second kappa shape index (κ2) is 4.91. The summed E-state index contributed by atoms with van der Waals surface area (Å²) in [6.45, 7) is 4.45. The van der Waals surface area contributed by atoms with Gasteiger partial charge in [-0.3, -0.25) is 0 Å². The first-order valence-electron chi connectivity index (χ1n) is 6.34. The van der Waals surface area contributed by atoms with Crippen LogP contribution in [0.5, 0.6) is 0 Å². The molecule has 6 heteroatoms. The number of nitrogens with zero attached hydrogens (tertiary/aromatic N) is 2. The first-order chi connectivity index (χ1) is 8.43. The summed E-state index contributed by atoms with van der Waals surface area (Å²) in [5.74, 6) is -1.72. The Morgan fingerprint density at radius 2 is 2.22 bits per heavy atom. The SMILES string of the molecule is CC(C)C(CN)c1nc(C2CCC(F)(F)C2)no1. The molecule has 4 nitrogen and oxygen atoms in total. The Bertz CT molecular complexity index is 406. The van der Waals surface area contributed by atoms with E-state index in [0.717, 1.165) is 0 Å². The van der Waals surface area contributed by atoms with Crippen LogP contribution < -0.4 is 5.73 Å². The van der Waals surface area contributed by atoms with Crippen molar-refractivity contribution < 1.29 is 13.3 Å². The molecule has 1 saturated carbocycles. The minimum atomic E-state index is -2.59. The van der Waals surface area contributed by atoms with E-state index in [1.807, 2.05) is 13.8 Å². The topological polar surface area (TPSA) is 64.9 Å². The molecule has 0 aromatic carbocycles. The van der Waals surface area contributed by atoms with Crippen LogP contribution in [-0.4, -0.2) is 22.6 Å². The summed E-state index contributed by atoms with van der Waals surface area (Å²) < 4.78 is 31.4. The van der Waals surface area contributed by atoms with Crippen molar-refractivity contribution in [3.63, 3.8) is 0 Å². The number of rotatable bonds is 4. The maximum Gasteiger partial charge on any atom is 0.248 e. The summed E-state index contributed by atoms with van der Waals surface area (Å²) in [5, 5.41) is 3.84. The van der Waals surface area contributed by atoms with Gasteiger partial charge in [0.25, 0.3) is 0 Å². The monoisotopic (exact) mass is 259 g/mol. The molecule has 1 aliphatic carbocycles. The van der Waals surface area contributed by atoms with Crippen molar-refractivity contribution in [1.29, 1.82) is 0 Å². The summed E-state index contributed by atoms with van der Waals surface area (Å²) >= 11 is 0. The van der Waals surface area contributed by atoms with E-state index in [4.69, 9.17) is 10.3 Å². The van der Waals surface area contributed by atoms with Gasteiger partial charge in [-0.05, 0) is 12.3 Å². The van der Waals surface area contributed by atoms with Crippen molar-refractivity contribution in [3.05, 3.63) is 11.7 Å². The third kappa shape index (κ3) is 2.68. The van der Waals surface area contributed by atoms with E-state index in [2.05, 4.69) is 10.1 Å². The van der Waals surface area contributed by atoms with E-state index < -0.39 is 5.92 Å². The van der Waals surface area contributed by atoms with E-state index in [1.54, 1.807) is 0 Å². The lowest BCUT2D eigenvalue weighted by atomic mass is 9.96. The molecule has 0 spiro atoms. The van der Waals surface area contributed by atoms with Gasteiger partial charge in [0.05, 0.1) is 5.92 Å². The van der Waals surface area contributed by atoms with Gasteiger partial charge in [0.2, 0.25) is 11.8 Å². The molecule has 2 atom stereocenters. The number of nitrogens with two attached hydrogens (primary N) is 1. The molecule has 2 N–H and O–H groups in total. The van der Waals surface area contributed by atoms with Gasteiger partial charge in [0.15, 0.2) is 5.82 Å². The molecule has 18 heavy (non-hydrogen) atoms. The second-order valence-corrected chi connectivity index (χ2v) is 5.37. The van der Waals surface area contributed by atoms with E-state index >= 15 is 0 Å². The molecule has 102 valence electrons. The smallest absolute Gasteiger partial charge is 0.248 e. The van der Waals surface area contributed by atoms with Crippen LogP contribution in [0.3, 0.4) is 0 Å². The Hall–Kier alpha value is -1.04. The van der Waals surface area contributed by atoms with Crippen LogP contribution >= 0.6 is 0 Å². The average molecular weight is 259 g/mol. The Labute approximate surface area is 105 Å². The van der Waals surface area contributed by atoms with Gasteiger partial charge in [-0.15, -0.1) is 0 Å². The zero-order valence-corrected chi connectivity index (χ0v) is 10.7. The maximum absolute atomic E-state index is 13.1. The summed E-state index contributed by atoms with van der Waals surface area (Å²) in [5.41, 5.74) is 5.66. The Balaban J connectivity index is 2.11. The summed E-state index contributed by atoms with van der Waals surface area (Å²) in [4.78, 5) is 4.26. The lowest BCUT2D eigenvalue weighted by molar-refractivity contribution is 0.00749. The van der Waals surface area contributed by atoms with Crippen molar-refractivity contribution in [1.82, 2.24) is 10.1 Å². The highest BCUT2D eigenvalue weighted by atomic mass is 19.3. The molecule has 0 radical (unpaired) electrons. The molecule has 1 aromatic rings. The quantitative estimate of drug-likeness (QED) is 0.902. The number of aromatic nitrogens is 2. The molecule has 1 aliphatic rings. The largest absolute Gasteiger partial charge is 0.339 e. The second-order valence-electron chi connectivity index (χ2n) is 5.37. The van der Waals surface area contributed by atoms with Gasteiger partial charge in [0.1, 0.15) is 0 Å². The number of hydrogen-bond acceptors (Lipinski definition) is 4. The van der Waals surface area contributed by atoms with Crippen molar-refractivity contribution in [3.8, 4) is 0 Å². The van der Waals surface area contributed by atoms with Crippen LogP contribution in [-0.2, 0) is 0 Å². The van der Waals surface area contributed by atoms with Crippen molar-refractivity contribution in [2.24, 2.45) is 11.7 Å². The van der Waals surface area contributed by atoms with Gasteiger partial charge >= 0.3 is 0 Å². The standard InChI is InChI=1S/C12H19F2N3O/c1-7(2)9(6-15)11-16-10(17-18-11)8-3-4-12(13,14)5-8/h7-9H,3-6,15H2,1-2H3. The Morgan fingerprint density at radius 1 is 1.50 bits per heavy atom. The van der Waals surface area contributed by atoms with Crippen LogP contribution in [0.2, 0.25) is 0 Å². The molecular weight excluding hydrogens is 240 g/mol. The van der Waals surface area contributed by atoms with Crippen LogP contribution in [0.25, 0.3) is 0 Å². The lowest BCUT2D eigenvalue weighted by Gasteiger charge is -2.13. The molecule has 1 heterocycles. The summed E-state index contributed by atoms with van der Waals surface area (Å²) in [6, 6.07) is 0. The normalized spacial score (nSPS) is 24.7. The van der Waals surface area contributed by atoms with Crippen LogP contribution in [0.15, 0.2) is 4.52 Å². The maximum atomic E-state index is 13.1. The molecule has 2 rings (SSSR count). The zero-order valence-electron chi connectivity index (χ0n) is 10.7. The minimum absolute atomic E-state index is 0.00633. The fourth-order valence-electron chi connectivity index (χ4n) is 2.39. The first kappa shape index (κ1) is 13.4. The third-order valence-electron chi connectivity index (χ3n) is 3.60. The molecular formula is C12H19F2N3O. The number of halogens is 2. The molecule has 0 saturated heterocycles. The fourth-order valence-corrected chi connectivity index (χ4v) is 2.39. The summed E-state index contributed by atoms with van der Waals surface area (Å²) in [6.07, 6.45) is 0.147. The predicted octanol–water partition coefficient (Wildman–Crippen LogP) is 2.67. The van der Waals surface area contributed by atoms with Gasteiger partial charge in [-0.1, -0.05) is 19.0 Å². The van der Waals surface area contributed by atoms with Crippen LogP contribution in [0.1, 0.15) is 56.7 Å². The van der Waals surface area contributed by atoms with Crippen molar-refractivity contribution >= 4 is 0 Å². The Kier molecular flexibility index (Phi) is 3.66. The van der Waals surface area contributed by atoms with Gasteiger partial charge in [-0.25, -0.2) is 8.78 Å². The van der Waals surface area contributed by atoms with Crippen molar-refractivity contribution in [2.45, 2.75) is 50.9 Å². The molecule has 1 aromatic heterocycles. The highest BCUT2D eigenvalue weighted by Gasteiger charge is 2.42. The number of alkyl halides is 2. The van der Waals surface area contributed by atoms with E-state index in [9.17, 15) is 8.78 Å². The molecule has 0 amide bonds. The van der Waals surface area contributed by atoms with E-state index in [-0.39, 0.29) is 30.6 Å². The fraction of sp³-hybridized carbons (Fsp3) is 0.833. The molecule has 2 unspecified atom stereocenters. The van der Waals surface area contributed by atoms with Gasteiger partial charge in [-0.2, -0.15) is 4.98 Å².